The van der Waals surface area contributed by atoms with E-state index in [9.17, 15) is 4.79 Å². The van der Waals surface area contributed by atoms with Crippen molar-refractivity contribution in [3.8, 4) is 22.6 Å². The summed E-state index contributed by atoms with van der Waals surface area (Å²) in [7, 11) is 0. The number of rotatable bonds is 12. The number of nitrogens with one attached hydrogen (secondary N) is 1. The lowest BCUT2D eigenvalue weighted by molar-refractivity contribution is 0.0969. The third-order valence-electron chi connectivity index (χ3n) is 5.72. The van der Waals surface area contributed by atoms with Crippen LogP contribution in [0.15, 0.2) is 42.6 Å². The molecular weight excluding hydrogens is 428 g/mol. The minimum atomic E-state index is 0.0179. The lowest BCUT2D eigenvalue weighted by atomic mass is 10.0. The van der Waals surface area contributed by atoms with Gasteiger partial charge in [-0.25, -0.2) is 14.8 Å². The van der Waals surface area contributed by atoms with Crippen LogP contribution in [0.3, 0.4) is 0 Å². The Morgan fingerprint density at radius 1 is 1.00 bits per heavy atom. The van der Waals surface area contributed by atoms with Crippen LogP contribution in [0.25, 0.3) is 22.6 Å². The van der Waals surface area contributed by atoms with Crippen LogP contribution in [0.1, 0.15) is 74.4 Å². The molecule has 0 aliphatic heterocycles. The van der Waals surface area contributed by atoms with E-state index in [1.54, 1.807) is 0 Å². The van der Waals surface area contributed by atoms with Gasteiger partial charge in [0.15, 0.2) is 5.82 Å². The second kappa shape index (κ2) is 11.4. The molecular formula is C25H30N8O. The fourth-order valence-corrected chi connectivity index (χ4v) is 3.82. The van der Waals surface area contributed by atoms with Crippen LogP contribution in [0.4, 0.5) is 0 Å². The number of Topliss-reactive ketones (excluding diaryl/α,β-unsaturated/α-hetero) is 1. The molecule has 3 aromatic heterocycles. The summed E-state index contributed by atoms with van der Waals surface area (Å²) in [5.41, 5.74) is 3.65. The summed E-state index contributed by atoms with van der Waals surface area (Å²) in [5, 5.41) is 18.8. The first kappa shape index (κ1) is 23.4. The Morgan fingerprint density at radius 2 is 1.82 bits per heavy atom. The van der Waals surface area contributed by atoms with E-state index in [0.29, 0.717) is 24.6 Å². The van der Waals surface area contributed by atoms with Gasteiger partial charge < -0.3 is 0 Å². The zero-order valence-electron chi connectivity index (χ0n) is 19.7. The van der Waals surface area contributed by atoms with Crippen LogP contribution < -0.4 is 0 Å². The van der Waals surface area contributed by atoms with Gasteiger partial charge >= 0.3 is 0 Å². The SMILES string of the molecule is CCCCCc1nc(C(=O)CCCC)nn1Cc1ccc(-c2ccccc2-c2nnn[nH]2)nc1. The fraction of sp³-hybridized carbons (Fsp3) is 0.400. The largest absolute Gasteiger partial charge is 0.291 e. The number of ketones is 1. The fourth-order valence-electron chi connectivity index (χ4n) is 3.82. The third kappa shape index (κ3) is 5.59. The Kier molecular flexibility index (Phi) is 7.85. The Bertz CT molecular complexity index is 1200. The quantitative estimate of drug-likeness (QED) is 0.242. The maximum atomic E-state index is 12.5. The second-order valence-electron chi connectivity index (χ2n) is 8.34. The van der Waals surface area contributed by atoms with Crippen LogP contribution >= 0.6 is 0 Å². The number of hydrogen-bond donors (Lipinski definition) is 1. The normalized spacial score (nSPS) is 11.1. The van der Waals surface area contributed by atoms with Gasteiger partial charge in [-0.1, -0.05) is 63.4 Å². The van der Waals surface area contributed by atoms with Crippen LogP contribution in [-0.4, -0.2) is 46.2 Å². The van der Waals surface area contributed by atoms with Gasteiger partial charge in [-0.3, -0.25) is 9.78 Å². The lowest BCUT2D eigenvalue weighted by Crippen LogP contribution is -2.08. The summed E-state index contributed by atoms with van der Waals surface area (Å²) >= 11 is 0. The number of unbranched alkanes of at least 4 members (excludes halogenated alkanes) is 3. The first-order chi connectivity index (χ1) is 16.7. The number of nitrogens with zero attached hydrogens (tertiary/aromatic N) is 7. The molecule has 0 aliphatic carbocycles. The van der Waals surface area contributed by atoms with E-state index >= 15 is 0 Å². The highest BCUT2D eigenvalue weighted by Gasteiger charge is 2.17. The van der Waals surface area contributed by atoms with Crippen molar-refractivity contribution in [3.05, 3.63) is 59.8 Å². The summed E-state index contributed by atoms with van der Waals surface area (Å²) in [6, 6.07) is 11.9. The van der Waals surface area contributed by atoms with Crippen molar-refractivity contribution < 1.29 is 4.79 Å². The molecule has 0 unspecified atom stereocenters. The van der Waals surface area contributed by atoms with E-state index in [0.717, 1.165) is 66.7 Å². The average Bonchev–Trinajstić information content (AvgIpc) is 3.54. The van der Waals surface area contributed by atoms with Crippen molar-refractivity contribution in [3.63, 3.8) is 0 Å². The summed E-state index contributed by atoms with van der Waals surface area (Å²) in [6.07, 6.45) is 8.27. The molecule has 4 aromatic rings. The third-order valence-corrected chi connectivity index (χ3v) is 5.72. The Morgan fingerprint density at radius 3 is 2.53 bits per heavy atom. The molecule has 0 saturated carbocycles. The van der Waals surface area contributed by atoms with Crippen molar-refractivity contribution >= 4 is 5.78 Å². The van der Waals surface area contributed by atoms with Crippen LogP contribution in [0.2, 0.25) is 0 Å². The molecule has 4 rings (SSSR count). The maximum absolute atomic E-state index is 12.5. The van der Waals surface area contributed by atoms with Crippen molar-refractivity contribution in [2.24, 2.45) is 0 Å². The van der Waals surface area contributed by atoms with Gasteiger partial charge in [0.2, 0.25) is 11.6 Å². The predicted molar refractivity (Wildman–Crippen MR) is 129 cm³/mol. The van der Waals surface area contributed by atoms with Crippen molar-refractivity contribution in [1.82, 2.24) is 40.4 Å². The molecule has 9 nitrogen and oxygen atoms in total. The molecule has 0 fully saturated rings. The van der Waals surface area contributed by atoms with Crippen molar-refractivity contribution in [2.45, 2.75) is 65.3 Å². The summed E-state index contributed by atoms with van der Waals surface area (Å²) in [6.45, 7) is 4.78. The molecule has 0 saturated heterocycles. The van der Waals surface area contributed by atoms with Crippen LogP contribution in [0.5, 0.6) is 0 Å². The molecule has 0 radical (unpaired) electrons. The van der Waals surface area contributed by atoms with E-state index < -0.39 is 0 Å². The topological polar surface area (TPSA) is 115 Å². The molecule has 3 heterocycles. The Balaban J connectivity index is 1.55. The highest BCUT2D eigenvalue weighted by atomic mass is 16.1. The van der Waals surface area contributed by atoms with Gasteiger partial charge in [-0.2, -0.15) is 0 Å². The molecule has 1 aromatic carbocycles. The van der Waals surface area contributed by atoms with Crippen molar-refractivity contribution in [1.29, 1.82) is 0 Å². The minimum Gasteiger partial charge on any atom is -0.291 e. The van der Waals surface area contributed by atoms with Gasteiger partial charge in [-0.15, -0.1) is 10.2 Å². The predicted octanol–water partition coefficient (Wildman–Crippen LogP) is 4.67. The van der Waals surface area contributed by atoms with Crippen molar-refractivity contribution in [2.75, 3.05) is 0 Å². The number of aryl methyl sites for hydroxylation is 1. The number of H-pyrrole nitrogens is 1. The highest BCUT2D eigenvalue weighted by Crippen LogP contribution is 2.28. The van der Waals surface area contributed by atoms with E-state index in [4.69, 9.17) is 4.98 Å². The molecule has 0 spiro atoms. The van der Waals surface area contributed by atoms with E-state index in [-0.39, 0.29) is 5.78 Å². The number of carbonyl (C=O) groups is 1. The number of aromatic nitrogens is 8. The van der Waals surface area contributed by atoms with Gasteiger partial charge in [-0.05, 0) is 34.9 Å². The number of hydrogen-bond acceptors (Lipinski definition) is 7. The monoisotopic (exact) mass is 458 g/mol. The number of benzene rings is 1. The number of carbonyl (C=O) groups excluding carboxylic acids is 1. The first-order valence-corrected chi connectivity index (χ1v) is 11.9. The maximum Gasteiger partial charge on any atom is 0.217 e. The molecule has 0 aliphatic rings. The average molecular weight is 459 g/mol. The smallest absolute Gasteiger partial charge is 0.217 e. The Labute approximate surface area is 199 Å². The van der Waals surface area contributed by atoms with E-state index in [1.165, 1.54) is 0 Å². The molecule has 9 heteroatoms. The molecule has 176 valence electrons. The van der Waals surface area contributed by atoms with E-state index in [1.807, 2.05) is 47.3 Å². The molecule has 1 N–H and O–H groups in total. The molecule has 34 heavy (non-hydrogen) atoms. The van der Waals surface area contributed by atoms with Gasteiger partial charge in [0.05, 0.1) is 12.2 Å². The standard InChI is InChI=1S/C25H30N8O/c1-3-5-7-13-23-27-25(22(34)12-6-4-2)30-33(23)17-18-14-15-21(26-16-18)19-10-8-9-11-20(19)24-28-31-32-29-24/h8-11,14-16H,3-7,12-13,17H2,1-2H3,(H,28,29,31,32). The second-order valence-corrected chi connectivity index (χ2v) is 8.34. The van der Waals surface area contributed by atoms with Gasteiger partial charge in [0, 0.05) is 30.2 Å². The minimum absolute atomic E-state index is 0.0179. The molecule has 0 amide bonds. The summed E-state index contributed by atoms with van der Waals surface area (Å²) in [5.74, 6) is 1.81. The van der Waals surface area contributed by atoms with Crippen LogP contribution in [0, 0.1) is 0 Å². The first-order valence-electron chi connectivity index (χ1n) is 11.9. The number of aromatic amines is 1. The Hall–Kier alpha value is -3.75. The van der Waals surface area contributed by atoms with E-state index in [2.05, 4.69) is 44.6 Å². The summed E-state index contributed by atoms with van der Waals surface area (Å²) in [4.78, 5) is 21.8. The zero-order chi connectivity index (χ0) is 23.8. The van der Waals surface area contributed by atoms with Gasteiger partial charge in [0.25, 0.3) is 0 Å². The lowest BCUT2D eigenvalue weighted by Gasteiger charge is -2.09. The summed E-state index contributed by atoms with van der Waals surface area (Å²) < 4.78 is 1.86. The van der Waals surface area contributed by atoms with Crippen LogP contribution in [-0.2, 0) is 13.0 Å². The molecule has 0 bridgehead atoms. The highest BCUT2D eigenvalue weighted by molar-refractivity contribution is 5.92. The molecule has 0 atom stereocenters. The van der Waals surface area contributed by atoms with Gasteiger partial charge in [0.1, 0.15) is 5.82 Å². The number of pyridine rings is 1. The zero-order valence-corrected chi connectivity index (χ0v) is 19.7. The number of tetrazole rings is 1.